The molecule has 1 aromatic rings. The van der Waals surface area contributed by atoms with Gasteiger partial charge < -0.3 is 14.8 Å². The number of rotatable bonds is 5. The molecule has 0 atom stereocenters. The summed E-state index contributed by atoms with van der Waals surface area (Å²) in [6.45, 7) is 4.58. The first kappa shape index (κ1) is 13.5. The molecule has 1 aromatic heterocycles. The molecule has 2 fully saturated rings. The van der Waals surface area contributed by atoms with E-state index in [1.54, 1.807) is 18.4 Å². The van der Waals surface area contributed by atoms with Crippen LogP contribution in [-0.4, -0.2) is 31.3 Å². The Morgan fingerprint density at radius 2 is 2.16 bits per heavy atom. The van der Waals surface area contributed by atoms with Gasteiger partial charge in [0, 0.05) is 50.6 Å². The minimum atomic E-state index is -0.217. The molecule has 3 rings (SSSR count). The maximum Gasteiger partial charge on any atom is 0.125 e. The lowest BCUT2D eigenvalue weighted by atomic mass is 9.95. The van der Waals surface area contributed by atoms with Crippen molar-refractivity contribution < 1.29 is 9.47 Å². The van der Waals surface area contributed by atoms with Crippen molar-refractivity contribution in [2.75, 3.05) is 20.3 Å². The predicted octanol–water partition coefficient (Wildman–Crippen LogP) is 2.36. The van der Waals surface area contributed by atoms with Crippen LogP contribution in [0.4, 0.5) is 0 Å². The van der Waals surface area contributed by atoms with Crippen LogP contribution < -0.4 is 5.32 Å². The molecule has 1 saturated heterocycles. The van der Waals surface area contributed by atoms with Gasteiger partial charge in [0.25, 0.3) is 0 Å². The Labute approximate surface area is 118 Å². The maximum absolute atomic E-state index is 5.82. The molecule has 4 nitrogen and oxygen atoms in total. The lowest BCUT2D eigenvalue weighted by Crippen LogP contribution is -2.35. The molecule has 106 valence electrons. The number of hydrogen-bond acceptors (Lipinski definition) is 5. The lowest BCUT2D eigenvalue weighted by molar-refractivity contribution is -0.0948. The summed E-state index contributed by atoms with van der Waals surface area (Å²) in [7, 11) is 1.80. The van der Waals surface area contributed by atoms with Gasteiger partial charge in [-0.3, -0.25) is 0 Å². The van der Waals surface area contributed by atoms with Crippen molar-refractivity contribution in [1.82, 2.24) is 10.3 Å². The molecule has 0 amide bonds. The number of ether oxygens (including phenoxy) is 2. The zero-order valence-electron chi connectivity index (χ0n) is 11.7. The second-order valence-electron chi connectivity index (χ2n) is 5.49. The van der Waals surface area contributed by atoms with Crippen LogP contribution in [0.2, 0.25) is 0 Å². The molecule has 1 saturated carbocycles. The molecule has 1 aliphatic carbocycles. The zero-order chi connectivity index (χ0) is 13.3. The zero-order valence-corrected chi connectivity index (χ0v) is 12.5. The Morgan fingerprint density at radius 3 is 2.79 bits per heavy atom. The van der Waals surface area contributed by atoms with Crippen LogP contribution in [0.1, 0.15) is 41.3 Å². The fraction of sp³-hybridized carbons (Fsp3) is 0.786. The Bertz CT molecular complexity index is 437. The molecule has 0 spiro atoms. The van der Waals surface area contributed by atoms with Crippen LogP contribution >= 0.6 is 11.3 Å². The number of thiazole rings is 1. The summed E-state index contributed by atoms with van der Waals surface area (Å²) in [4.78, 5) is 6.13. The van der Waals surface area contributed by atoms with Crippen LogP contribution in [0.15, 0.2) is 0 Å². The molecule has 0 bridgehead atoms. The number of aryl methyl sites for hydroxylation is 1. The van der Waals surface area contributed by atoms with E-state index in [1.165, 1.54) is 17.7 Å². The minimum absolute atomic E-state index is 0.217. The molecule has 0 unspecified atom stereocenters. The van der Waals surface area contributed by atoms with Gasteiger partial charge in [-0.15, -0.1) is 11.3 Å². The molecule has 2 aliphatic rings. The first-order valence-corrected chi connectivity index (χ1v) is 7.88. The van der Waals surface area contributed by atoms with Crippen LogP contribution in [0.5, 0.6) is 0 Å². The minimum Gasteiger partial charge on any atom is -0.381 e. The van der Waals surface area contributed by atoms with Crippen molar-refractivity contribution >= 4 is 11.3 Å². The van der Waals surface area contributed by atoms with Gasteiger partial charge in [-0.2, -0.15) is 0 Å². The first-order chi connectivity index (χ1) is 9.23. The van der Waals surface area contributed by atoms with Gasteiger partial charge in [0.2, 0.25) is 0 Å². The van der Waals surface area contributed by atoms with E-state index in [2.05, 4.69) is 12.2 Å². The van der Waals surface area contributed by atoms with Crippen molar-refractivity contribution in [3.63, 3.8) is 0 Å². The van der Waals surface area contributed by atoms with Gasteiger partial charge >= 0.3 is 0 Å². The Hall–Kier alpha value is -0.490. The third-order valence-corrected chi connectivity index (χ3v) is 5.45. The average Bonchev–Trinajstić information content (AvgIpc) is 3.20. The predicted molar refractivity (Wildman–Crippen MR) is 75.5 cm³/mol. The molecule has 1 aliphatic heterocycles. The van der Waals surface area contributed by atoms with E-state index < -0.39 is 0 Å². The summed E-state index contributed by atoms with van der Waals surface area (Å²) in [5, 5.41) is 4.69. The molecule has 0 radical (unpaired) electrons. The Kier molecular flexibility index (Phi) is 3.89. The highest BCUT2D eigenvalue weighted by molar-refractivity contribution is 7.11. The summed E-state index contributed by atoms with van der Waals surface area (Å²) in [5.74, 6) is 0. The number of nitrogens with one attached hydrogen (secondary N) is 1. The van der Waals surface area contributed by atoms with E-state index in [-0.39, 0.29) is 5.60 Å². The first-order valence-electron chi connectivity index (χ1n) is 7.06. The van der Waals surface area contributed by atoms with E-state index in [0.29, 0.717) is 0 Å². The van der Waals surface area contributed by atoms with E-state index >= 15 is 0 Å². The molecule has 0 aromatic carbocycles. The van der Waals surface area contributed by atoms with Crippen molar-refractivity contribution in [3.8, 4) is 0 Å². The molecule has 19 heavy (non-hydrogen) atoms. The molecule has 2 heterocycles. The smallest absolute Gasteiger partial charge is 0.125 e. The molecular weight excluding hydrogens is 260 g/mol. The van der Waals surface area contributed by atoms with E-state index in [9.17, 15) is 0 Å². The number of nitrogens with zero attached hydrogens (tertiary/aromatic N) is 1. The number of hydrogen-bond donors (Lipinski definition) is 1. The highest BCUT2D eigenvalue weighted by atomic mass is 32.1. The fourth-order valence-corrected chi connectivity index (χ4v) is 3.76. The summed E-state index contributed by atoms with van der Waals surface area (Å²) >= 11 is 1.81. The lowest BCUT2D eigenvalue weighted by Gasteiger charge is -2.33. The second kappa shape index (κ2) is 5.48. The van der Waals surface area contributed by atoms with Gasteiger partial charge in [0.05, 0.1) is 5.69 Å². The van der Waals surface area contributed by atoms with Gasteiger partial charge in [-0.25, -0.2) is 4.98 Å². The molecular formula is C14H22N2O2S. The third-order valence-electron chi connectivity index (χ3n) is 4.10. The molecule has 1 N–H and O–H groups in total. The topological polar surface area (TPSA) is 43.4 Å². The summed E-state index contributed by atoms with van der Waals surface area (Å²) < 4.78 is 11.3. The molecule has 5 heteroatoms. The Balaban J connectivity index is 1.76. The van der Waals surface area contributed by atoms with Gasteiger partial charge in [-0.05, 0) is 19.8 Å². The second-order valence-corrected chi connectivity index (χ2v) is 6.58. The van der Waals surface area contributed by atoms with E-state index in [1.807, 2.05) is 0 Å². The van der Waals surface area contributed by atoms with Crippen molar-refractivity contribution in [2.45, 2.75) is 50.8 Å². The van der Waals surface area contributed by atoms with Gasteiger partial charge in [0.1, 0.15) is 10.6 Å². The van der Waals surface area contributed by atoms with Crippen LogP contribution in [-0.2, 0) is 21.6 Å². The SMILES string of the molecule is COC1(c2nc(C)c(CNC3CC3)s2)CCOCC1. The monoisotopic (exact) mass is 282 g/mol. The number of aromatic nitrogens is 1. The quantitative estimate of drug-likeness (QED) is 0.900. The van der Waals surface area contributed by atoms with Crippen molar-refractivity contribution in [3.05, 3.63) is 15.6 Å². The number of methoxy groups -OCH3 is 1. The van der Waals surface area contributed by atoms with Crippen molar-refractivity contribution in [2.24, 2.45) is 0 Å². The third kappa shape index (κ3) is 2.84. The van der Waals surface area contributed by atoms with E-state index in [0.717, 1.165) is 49.3 Å². The largest absolute Gasteiger partial charge is 0.381 e. The summed E-state index contributed by atoms with van der Waals surface area (Å²) in [5.41, 5.74) is 0.932. The Morgan fingerprint density at radius 1 is 1.42 bits per heavy atom. The fourth-order valence-electron chi connectivity index (χ4n) is 2.52. The van der Waals surface area contributed by atoms with Crippen LogP contribution in [0.25, 0.3) is 0 Å². The highest BCUT2D eigenvalue weighted by Gasteiger charge is 2.38. The van der Waals surface area contributed by atoms with Gasteiger partial charge in [0.15, 0.2) is 0 Å². The maximum atomic E-state index is 5.82. The normalized spacial score (nSPS) is 22.6. The van der Waals surface area contributed by atoms with Crippen molar-refractivity contribution in [1.29, 1.82) is 0 Å². The standard InChI is InChI=1S/C14H22N2O2S/c1-10-12(9-15-11-3-4-11)19-13(16-10)14(17-2)5-7-18-8-6-14/h11,15H,3-9H2,1-2H3. The summed E-state index contributed by atoms with van der Waals surface area (Å²) in [6, 6.07) is 0.740. The van der Waals surface area contributed by atoms with Crippen LogP contribution in [0, 0.1) is 6.92 Å². The average molecular weight is 282 g/mol. The van der Waals surface area contributed by atoms with E-state index in [4.69, 9.17) is 14.5 Å². The van der Waals surface area contributed by atoms with Gasteiger partial charge in [-0.1, -0.05) is 0 Å². The highest BCUT2D eigenvalue weighted by Crippen LogP contribution is 2.38. The van der Waals surface area contributed by atoms with Crippen LogP contribution in [0.3, 0.4) is 0 Å². The summed E-state index contributed by atoms with van der Waals surface area (Å²) in [6.07, 6.45) is 4.46.